The van der Waals surface area contributed by atoms with Crippen LogP contribution in [0.3, 0.4) is 0 Å². The zero-order chi connectivity index (χ0) is 12.5. The highest BCUT2D eigenvalue weighted by molar-refractivity contribution is 6.25. The van der Waals surface area contributed by atoms with Gasteiger partial charge in [0, 0.05) is 5.54 Å². The van der Waals surface area contributed by atoms with Crippen LogP contribution in [0.15, 0.2) is 35.4 Å². The molecular weight excluding hydrogens is 240 g/mol. The van der Waals surface area contributed by atoms with Gasteiger partial charge >= 0.3 is 0 Å². The molecule has 0 fully saturated rings. The Labute approximate surface area is 107 Å². The van der Waals surface area contributed by atoms with Crippen LogP contribution in [0, 0.1) is 0 Å². The Morgan fingerprint density at radius 1 is 1.35 bits per heavy atom. The highest BCUT2D eigenvalue weighted by Crippen LogP contribution is 2.12. The average molecular weight is 257 g/mol. The van der Waals surface area contributed by atoms with Crippen molar-refractivity contribution in [2.45, 2.75) is 13.0 Å². The molecule has 0 unspecified atom stereocenters. The summed E-state index contributed by atoms with van der Waals surface area (Å²) < 4.78 is 10.5. The first-order valence-electron chi connectivity index (χ1n) is 5.39. The fraction of sp³-hybridized carbons (Fsp3) is 0.385. The molecule has 0 spiro atoms. The molecule has 3 nitrogen and oxygen atoms in total. The van der Waals surface area contributed by atoms with E-state index in [9.17, 15) is 0 Å². The molecule has 94 valence electrons. The molecule has 0 saturated heterocycles. The van der Waals surface area contributed by atoms with Crippen molar-refractivity contribution in [1.82, 2.24) is 0 Å². The summed E-state index contributed by atoms with van der Waals surface area (Å²) in [5.41, 5.74) is 3.27. The molecule has 0 bridgehead atoms. The Balaban J connectivity index is 2.26. The SMILES string of the molecule is COc1ccc(COCC/C(=C/Cl)CO)cc1. The number of hydrogen-bond acceptors (Lipinski definition) is 3. The summed E-state index contributed by atoms with van der Waals surface area (Å²) in [6.07, 6.45) is 0.649. The number of hydrogen-bond donors (Lipinski definition) is 1. The van der Waals surface area contributed by atoms with E-state index in [1.54, 1.807) is 7.11 Å². The van der Waals surface area contributed by atoms with Crippen LogP contribution in [-0.2, 0) is 11.3 Å². The van der Waals surface area contributed by atoms with E-state index in [1.165, 1.54) is 5.54 Å². The predicted octanol–water partition coefficient (Wildman–Crippen LogP) is 2.72. The monoisotopic (exact) mass is 256 g/mol. The maximum absolute atomic E-state index is 8.88. The number of methoxy groups -OCH3 is 1. The Bertz CT molecular complexity index is 346. The standard InChI is InChI=1S/C13H17ClO3/c1-16-13-4-2-11(3-5-13)10-17-7-6-12(8-14)9-15/h2-5,8,15H,6-7,9-10H2,1H3/b12-8-. The third-order valence-corrected chi connectivity index (χ3v) is 2.66. The molecule has 0 aliphatic rings. The van der Waals surface area contributed by atoms with Crippen LogP contribution in [0.1, 0.15) is 12.0 Å². The van der Waals surface area contributed by atoms with E-state index in [0.717, 1.165) is 16.9 Å². The van der Waals surface area contributed by atoms with Crippen LogP contribution < -0.4 is 4.74 Å². The number of benzene rings is 1. The van der Waals surface area contributed by atoms with E-state index in [2.05, 4.69) is 0 Å². The number of halogens is 1. The van der Waals surface area contributed by atoms with Crippen LogP contribution in [0.4, 0.5) is 0 Å². The first kappa shape index (κ1) is 14.0. The molecule has 0 heterocycles. The zero-order valence-electron chi connectivity index (χ0n) is 9.86. The van der Waals surface area contributed by atoms with Crippen LogP contribution in [-0.4, -0.2) is 25.4 Å². The zero-order valence-corrected chi connectivity index (χ0v) is 10.6. The van der Waals surface area contributed by atoms with E-state index in [0.29, 0.717) is 19.6 Å². The van der Waals surface area contributed by atoms with Crippen molar-refractivity contribution in [3.63, 3.8) is 0 Å². The van der Waals surface area contributed by atoms with Gasteiger partial charge in [-0.3, -0.25) is 0 Å². The van der Waals surface area contributed by atoms with Crippen LogP contribution in [0.2, 0.25) is 0 Å². The van der Waals surface area contributed by atoms with Crippen molar-refractivity contribution >= 4 is 11.6 Å². The molecule has 1 rings (SSSR count). The Morgan fingerprint density at radius 3 is 2.59 bits per heavy atom. The lowest BCUT2D eigenvalue weighted by Gasteiger charge is -2.06. The summed E-state index contributed by atoms with van der Waals surface area (Å²) in [6, 6.07) is 7.72. The van der Waals surface area contributed by atoms with Crippen molar-refractivity contribution in [3.05, 3.63) is 40.9 Å². The topological polar surface area (TPSA) is 38.7 Å². The summed E-state index contributed by atoms with van der Waals surface area (Å²) in [4.78, 5) is 0. The van der Waals surface area contributed by atoms with E-state index in [-0.39, 0.29) is 6.61 Å². The second-order valence-corrected chi connectivity index (χ2v) is 3.79. The van der Waals surface area contributed by atoms with Crippen molar-refractivity contribution in [3.8, 4) is 5.75 Å². The lowest BCUT2D eigenvalue weighted by atomic mass is 10.2. The fourth-order valence-electron chi connectivity index (χ4n) is 1.28. The second-order valence-electron chi connectivity index (χ2n) is 3.58. The molecule has 0 aliphatic carbocycles. The first-order chi connectivity index (χ1) is 8.30. The maximum atomic E-state index is 8.88. The molecular formula is C13H17ClO3. The van der Waals surface area contributed by atoms with Crippen molar-refractivity contribution in [2.75, 3.05) is 20.3 Å². The van der Waals surface area contributed by atoms with Crippen molar-refractivity contribution in [1.29, 1.82) is 0 Å². The summed E-state index contributed by atoms with van der Waals surface area (Å²) in [7, 11) is 1.64. The molecule has 0 amide bonds. The van der Waals surface area contributed by atoms with Gasteiger partial charge in [0.2, 0.25) is 0 Å². The van der Waals surface area contributed by atoms with E-state index < -0.39 is 0 Å². The Hall–Kier alpha value is -1.03. The van der Waals surface area contributed by atoms with Gasteiger partial charge < -0.3 is 14.6 Å². The molecule has 1 N–H and O–H groups in total. The lowest BCUT2D eigenvalue weighted by molar-refractivity contribution is 0.121. The van der Waals surface area contributed by atoms with Crippen LogP contribution >= 0.6 is 11.6 Å². The van der Waals surface area contributed by atoms with Gasteiger partial charge in [0.05, 0.1) is 26.9 Å². The molecule has 1 aromatic rings. The van der Waals surface area contributed by atoms with E-state index in [4.69, 9.17) is 26.2 Å². The predicted molar refractivity (Wildman–Crippen MR) is 68.3 cm³/mol. The molecule has 0 aromatic heterocycles. The first-order valence-corrected chi connectivity index (χ1v) is 5.83. The highest BCUT2D eigenvalue weighted by Gasteiger charge is 1.97. The number of aliphatic hydroxyl groups is 1. The molecule has 4 heteroatoms. The largest absolute Gasteiger partial charge is 0.497 e. The molecule has 1 aromatic carbocycles. The number of aliphatic hydroxyl groups excluding tert-OH is 1. The van der Waals surface area contributed by atoms with E-state index in [1.807, 2.05) is 24.3 Å². The molecule has 0 atom stereocenters. The molecule has 0 saturated carbocycles. The average Bonchev–Trinajstić information content (AvgIpc) is 2.40. The van der Waals surface area contributed by atoms with Gasteiger partial charge in [-0.25, -0.2) is 0 Å². The van der Waals surface area contributed by atoms with Gasteiger partial charge in [-0.05, 0) is 29.7 Å². The lowest BCUT2D eigenvalue weighted by Crippen LogP contribution is -1.99. The van der Waals surface area contributed by atoms with Gasteiger partial charge in [0.25, 0.3) is 0 Å². The summed E-state index contributed by atoms with van der Waals surface area (Å²) >= 11 is 5.51. The van der Waals surface area contributed by atoms with Gasteiger partial charge in [-0.15, -0.1) is 0 Å². The minimum absolute atomic E-state index is 0.0185. The molecule has 17 heavy (non-hydrogen) atoms. The number of ether oxygens (including phenoxy) is 2. The quantitative estimate of drug-likeness (QED) is 0.763. The second kappa shape index (κ2) is 8.12. The number of rotatable bonds is 7. The molecule has 0 radical (unpaired) electrons. The summed E-state index contributed by atoms with van der Waals surface area (Å²) in [5, 5.41) is 8.88. The Kier molecular flexibility index (Phi) is 6.70. The van der Waals surface area contributed by atoms with Gasteiger partial charge in [0.15, 0.2) is 0 Å². The van der Waals surface area contributed by atoms with Gasteiger partial charge in [-0.1, -0.05) is 23.7 Å². The third kappa shape index (κ3) is 5.22. The summed E-state index contributed by atoms with van der Waals surface area (Å²) in [6.45, 7) is 1.07. The van der Waals surface area contributed by atoms with E-state index >= 15 is 0 Å². The van der Waals surface area contributed by atoms with Gasteiger partial charge in [-0.2, -0.15) is 0 Å². The minimum atomic E-state index is -0.0185. The Morgan fingerprint density at radius 2 is 2.06 bits per heavy atom. The molecule has 0 aliphatic heterocycles. The van der Waals surface area contributed by atoms with Gasteiger partial charge in [0.1, 0.15) is 5.75 Å². The summed E-state index contributed by atoms with van der Waals surface area (Å²) in [5.74, 6) is 0.835. The van der Waals surface area contributed by atoms with Crippen molar-refractivity contribution in [2.24, 2.45) is 0 Å². The van der Waals surface area contributed by atoms with Crippen LogP contribution in [0.5, 0.6) is 5.75 Å². The van der Waals surface area contributed by atoms with Crippen molar-refractivity contribution < 1.29 is 14.6 Å². The third-order valence-electron chi connectivity index (χ3n) is 2.35. The normalized spacial score (nSPS) is 11.6. The fourth-order valence-corrected chi connectivity index (χ4v) is 1.46. The van der Waals surface area contributed by atoms with Crippen LogP contribution in [0.25, 0.3) is 0 Å². The highest BCUT2D eigenvalue weighted by atomic mass is 35.5. The smallest absolute Gasteiger partial charge is 0.118 e. The maximum Gasteiger partial charge on any atom is 0.118 e. The minimum Gasteiger partial charge on any atom is -0.497 e.